The standard InChI is InChI=1S/C11H16N2OS/c12-7-10(8-3-4-8)13-11(14)6-9-2-1-5-15-9/h1-2,5,8,10H,3-4,6-7,12H2,(H,13,14). The van der Waals surface area contributed by atoms with E-state index < -0.39 is 0 Å². The van der Waals surface area contributed by atoms with Crippen LogP contribution in [0.4, 0.5) is 0 Å². The van der Waals surface area contributed by atoms with Gasteiger partial charge in [-0.15, -0.1) is 11.3 Å². The fraction of sp³-hybridized carbons (Fsp3) is 0.545. The first-order chi connectivity index (χ1) is 7.29. The van der Waals surface area contributed by atoms with Crippen molar-refractivity contribution in [3.8, 4) is 0 Å². The molecular weight excluding hydrogens is 208 g/mol. The lowest BCUT2D eigenvalue weighted by Crippen LogP contribution is -2.42. The Morgan fingerprint density at radius 3 is 3.00 bits per heavy atom. The zero-order chi connectivity index (χ0) is 10.7. The number of carbonyl (C=O) groups is 1. The molecule has 1 aromatic rings. The number of thiophene rings is 1. The number of nitrogens with two attached hydrogens (primary N) is 1. The first-order valence-corrected chi connectivity index (χ1v) is 6.19. The molecule has 2 rings (SSSR count). The highest BCUT2D eigenvalue weighted by molar-refractivity contribution is 7.10. The average Bonchev–Trinajstić information content (AvgIpc) is 2.95. The van der Waals surface area contributed by atoms with Crippen LogP contribution in [0.1, 0.15) is 17.7 Å². The molecule has 15 heavy (non-hydrogen) atoms. The molecule has 3 nitrogen and oxygen atoms in total. The molecule has 4 heteroatoms. The predicted octanol–water partition coefficient (Wildman–Crippen LogP) is 1.14. The topological polar surface area (TPSA) is 55.1 Å². The van der Waals surface area contributed by atoms with Crippen LogP contribution in [0.5, 0.6) is 0 Å². The molecule has 0 aromatic carbocycles. The minimum Gasteiger partial charge on any atom is -0.352 e. The summed E-state index contributed by atoms with van der Waals surface area (Å²) in [4.78, 5) is 12.8. The highest BCUT2D eigenvalue weighted by Crippen LogP contribution is 2.32. The number of rotatable bonds is 5. The number of hydrogen-bond donors (Lipinski definition) is 2. The highest BCUT2D eigenvalue weighted by Gasteiger charge is 2.31. The fourth-order valence-corrected chi connectivity index (χ4v) is 2.40. The van der Waals surface area contributed by atoms with Crippen molar-refractivity contribution in [1.82, 2.24) is 5.32 Å². The van der Waals surface area contributed by atoms with E-state index in [0.717, 1.165) is 4.88 Å². The van der Waals surface area contributed by atoms with Crippen LogP contribution >= 0.6 is 11.3 Å². The summed E-state index contributed by atoms with van der Waals surface area (Å²) in [7, 11) is 0. The third kappa shape index (κ3) is 3.04. The summed E-state index contributed by atoms with van der Waals surface area (Å²) in [6.45, 7) is 0.556. The molecule has 1 aromatic heterocycles. The lowest BCUT2D eigenvalue weighted by atomic mass is 10.2. The Hall–Kier alpha value is -0.870. The van der Waals surface area contributed by atoms with E-state index in [2.05, 4.69) is 5.32 Å². The van der Waals surface area contributed by atoms with Crippen LogP contribution in [0.15, 0.2) is 17.5 Å². The second-order valence-electron chi connectivity index (χ2n) is 4.00. The average molecular weight is 224 g/mol. The highest BCUT2D eigenvalue weighted by atomic mass is 32.1. The van der Waals surface area contributed by atoms with Crippen LogP contribution in [-0.2, 0) is 11.2 Å². The normalized spacial score (nSPS) is 17.4. The third-order valence-corrected chi connectivity index (χ3v) is 3.58. The summed E-state index contributed by atoms with van der Waals surface area (Å²) >= 11 is 1.62. The quantitative estimate of drug-likeness (QED) is 0.788. The molecule has 1 saturated carbocycles. The van der Waals surface area contributed by atoms with Gasteiger partial charge in [0, 0.05) is 17.5 Å². The molecule has 0 aliphatic heterocycles. The molecule has 3 N–H and O–H groups in total. The van der Waals surface area contributed by atoms with Crippen LogP contribution in [0, 0.1) is 5.92 Å². The van der Waals surface area contributed by atoms with Gasteiger partial charge in [0.15, 0.2) is 0 Å². The molecule has 82 valence electrons. The minimum absolute atomic E-state index is 0.0970. The maximum Gasteiger partial charge on any atom is 0.225 e. The Balaban J connectivity index is 1.80. The smallest absolute Gasteiger partial charge is 0.225 e. The van der Waals surface area contributed by atoms with Gasteiger partial charge in [0.1, 0.15) is 0 Å². The Morgan fingerprint density at radius 1 is 1.67 bits per heavy atom. The van der Waals surface area contributed by atoms with E-state index in [1.165, 1.54) is 12.8 Å². The largest absolute Gasteiger partial charge is 0.352 e. The first-order valence-electron chi connectivity index (χ1n) is 5.31. The molecule has 1 atom stereocenters. The zero-order valence-corrected chi connectivity index (χ0v) is 9.43. The maximum absolute atomic E-state index is 11.7. The predicted molar refractivity (Wildman–Crippen MR) is 61.7 cm³/mol. The van der Waals surface area contributed by atoms with Crippen molar-refractivity contribution in [2.24, 2.45) is 11.7 Å². The van der Waals surface area contributed by atoms with Crippen molar-refractivity contribution in [3.63, 3.8) is 0 Å². The fourth-order valence-electron chi connectivity index (χ4n) is 1.70. The van der Waals surface area contributed by atoms with Crippen LogP contribution in [0.3, 0.4) is 0 Å². The van der Waals surface area contributed by atoms with Gasteiger partial charge >= 0.3 is 0 Å². The van der Waals surface area contributed by atoms with Gasteiger partial charge in [-0.05, 0) is 30.2 Å². The van der Waals surface area contributed by atoms with Gasteiger partial charge in [0.25, 0.3) is 0 Å². The maximum atomic E-state index is 11.7. The van der Waals surface area contributed by atoms with E-state index in [-0.39, 0.29) is 11.9 Å². The lowest BCUT2D eigenvalue weighted by molar-refractivity contribution is -0.121. The summed E-state index contributed by atoms with van der Waals surface area (Å²) < 4.78 is 0. The molecule has 1 fully saturated rings. The van der Waals surface area contributed by atoms with Crippen LogP contribution in [0.2, 0.25) is 0 Å². The van der Waals surface area contributed by atoms with E-state index in [1.54, 1.807) is 11.3 Å². The monoisotopic (exact) mass is 224 g/mol. The molecule has 0 radical (unpaired) electrons. The van der Waals surface area contributed by atoms with Gasteiger partial charge in [0.05, 0.1) is 6.42 Å². The zero-order valence-electron chi connectivity index (χ0n) is 8.61. The molecule has 1 unspecified atom stereocenters. The van der Waals surface area contributed by atoms with Crippen molar-refractivity contribution in [1.29, 1.82) is 0 Å². The van der Waals surface area contributed by atoms with Crippen molar-refractivity contribution < 1.29 is 4.79 Å². The molecule has 0 spiro atoms. The molecule has 1 heterocycles. The van der Waals surface area contributed by atoms with Crippen molar-refractivity contribution in [2.45, 2.75) is 25.3 Å². The molecule has 1 amide bonds. The first kappa shape index (κ1) is 10.6. The van der Waals surface area contributed by atoms with Crippen LogP contribution in [0.25, 0.3) is 0 Å². The second kappa shape index (κ2) is 4.77. The van der Waals surface area contributed by atoms with Gasteiger partial charge in [0.2, 0.25) is 5.91 Å². The second-order valence-corrected chi connectivity index (χ2v) is 5.04. The van der Waals surface area contributed by atoms with Gasteiger partial charge in [-0.2, -0.15) is 0 Å². The molecule has 1 aliphatic rings. The van der Waals surface area contributed by atoms with E-state index in [4.69, 9.17) is 5.73 Å². The van der Waals surface area contributed by atoms with Gasteiger partial charge in [-0.3, -0.25) is 4.79 Å². The summed E-state index contributed by atoms with van der Waals surface area (Å²) in [5.41, 5.74) is 5.62. The van der Waals surface area contributed by atoms with E-state index in [1.807, 2.05) is 17.5 Å². The summed E-state index contributed by atoms with van der Waals surface area (Å²) in [6.07, 6.45) is 2.91. The van der Waals surface area contributed by atoms with E-state index in [0.29, 0.717) is 18.9 Å². The summed E-state index contributed by atoms with van der Waals surface area (Å²) in [5, 5.41) is 5.00. The summed E-state index contributed by atoms with van der Waals surface area (Å²) in [5.74, 6) is 0.724. The van der Waals surface area contributed by atoms with E-state index >= 15 is 0 Å². The van der Waals surface area contributed by atoms with Crippen LogP contribution < -0.4 is 11.1 Å². The molecule has 1 aliphatic carbocycles. The minimum atomic E-state index is 0.0970. The van der Waals surface area contributed by atoms with Gasteiger partial charge in [-0.25, -0.2) is 0 Å². The Kier molecular flexibility index (Phi) is 3.38. The Bertz CT molecular complexity index is 319. The number of carbonyl (C=O) groups excluding carboxylic acids is 1. The Morgan fingerprint density at radius 2 is 2.47 bits per heavy atom. The molecule has 0 bridgehead atoms. The van der Waals surface area contributed by atoms with Crippen molar-refractivity contribution >= 4 is 17.2 Å². The third-order valence-electron chi connectivity index (χ3n) is 2.71. The number of amides is 1. The lowest BCUT2D eigenvalue weighted by Gasteiger charge is -2.15. The van der Waals surface area contributed by atoms with Crippen molar-refractivity contribution in [2.75, 3.05) is 6.54 Å². The number of nitrogens with one attached hydrogen (secondary N) is 1. The van der Waals surface area contributed by atoms with Gasteiger partial charge in [-0.1, -0.05) is 6.07 Å². The molecule has 0 saturated heterocycles. The summed E-state index contributed by atoms with van der Waals surface area (Å²) in [6, 6.07) is 4.14. The number of hydrogen-bond acceptors (Lipinski definition) is 3. The van der Waals surface area contributed by atoms with E-state index in [9.17, 15) is 4.79 Å². The Labute approximate surface area is 93.7 Å². The molecular formula is C11H16N2OS. The van der Waals surface area contributed by atoms with Crippen molar-refractivity contribution in [3.05, 3.63) is 22.4 Å². The van der Waals surface area contributed by atoms with Gasteiger partial charge < -0.3 is 11.1 Å². The van der Waals surface area contributed by atoms with Crippen LogP contribution in [-0.4, -0.2) is 18.5 Å². The SMILES string of the molecule is NCC(NC(=O)Cc1cccs1)C1CC1.